The second-order valence-corrected chi connectivity index (χ2v) is 8.05. The molecule has 1 aliphatic heterocycles. The van der Waals surface area contributed by atoms with Gasteiger partial charge in [0.1, 0.15) is 11.8 Å². The van der Waals surface area contributed by atoms with Crippen molar-refractivity contribution in [1.29, 1.82) is 5.26 Å². The fourth-order valence-electron chi connectivity index (χ4n) is 2.91. The largest absolute Gasteiger partial charge is 0.467 e. The topological polar surface area (TPSA) is 107 Å². The molecule has 8 nitrogen and oxygen atoms in total. The van der Waals surface area contributed by atoms with E-state index in [9.17, 15) is 13.2 Å². The highest BCUT2D eigenvalue weighted by Crippen LogP contribution is 2.20. The molecule has 0 aliphatic carbocycles. The molecule has 0 saturated carbocycles. The number of hydrogen-bond donors (Lipinski definition) is 1. The molecule has 1 N–H and O–H groups in total. The smallest absolute Gasteiger partial charge is 0.244 e. The lowest BCUT2D eigenvalue weighted by molar-refractivity contribution is -0.122. The second kappa shape index (κ2) is 8.35. The Morgan fingerprint density at radius 1 is 1.15 bits per heavy atom. The Kier molecular flexibility index (Phi) is 5.91. The minimum absolute atomic E-state index is 0.0251. The van der Waals surface area contributed by atoms with Crippen molar-refractivity contribution in [3.8, 4) is 6.07 Å². The summed E-state index contributed by atoms with van der Waals surface area (Å²) in [5.74, 6) is 0.535. The van der Waals surface area contributed by atoms with E-state index in [2.05, 4.69) is 5.32 Å². The SMILES string of the molecule is N#Cc1ccccc1S(=O)(=O)N1CCN(CC(=O)NCc2ccco2)CC1. The molecule has 142 valence electrons. The van der Waals surface area contributed by atoms with Crippen LogP contribution in [0.2, 0.25) is 0 Å². The van der Waals surface area contributed by atoms with Crippen LogP contribution in [0.25, 0.3) is 0 Å². The summed E-state index contributed by atoms with van der Waals surface area (Å²) < 4.78 is 32.1. The van der Waals surface area contributed by atoms with Gasteiger partial charge < -0.3 is 9.73 Å². The van der Waals surface area contributed by atoms with E-state index in [0.717, 1.165) is 0 Å². The van der Waals surface area contributed by atoms with Crippen molar-refractivity contribution in [1.82, 2.24) is 14.5 Å². The van der Waals surface area contributed by atoms with Crippen LogP contribution in [0.3, 0.4) is 0 Å². The molecule has 1 aromatic heterocycles. The van der Waals surface area contributed by atoms with Gasteiger partial charge in [0.15, 0.2) is 0 Å². The number of sulfonamides is 1. The Balaban J connectivity index is 1.54. The number of hydrogen-bond acceptors (Lipinski definition) is 6. The van der Waals surface area contributed by atoms with Gasteiger partial charge >= 0.3 is 0 Å². The van der Waals surface area contributed by atoms with Gasteiger partial charge in [-0.15, -0.1) is 0 Å². The normalized spacial score (nSPS) is 16.0. The third-order valence-electron chi connectivity index (χ3n) is 4.36. The summed E-state index contributed by atoms with van der Waals surface area (Å²) in [6, 6.07) is 11.6. The van der Waals surface area contributed by atoms with Crippen molar-refractivity contribution in [2.75, 3.05) is 32.7 Å². The predicted octanol–water partition coefficient (Wildman–Crippen LogP) is 0.774. The molecule has 1 amide bonds. The zero-order valence-corrected chi connectivity index (χ0v) is 15.5. The van der Waals surface area contributed by atoms with Gasteiger partial charge in [0.2, 0.25) is 15.9 Å². The molecule has 0 unspecified atom stereocenters. The Bertz CT molecular complexity index is 927. The van der Waals surface area contributed by atoms with Crippen LogP contribution in [0, 0.1) is 11.3 Å². The van der Waals surface area contributed by atoms with E-state index in [-0.39, 0.29) is 36.0 Å². The van der Waals surface area contributed by atoms with Crippen LogP contribution in [0.4, 0.5) is 0 Å². The summed E-state index contributed by atoms with van der Waals surface area (Å²) in [5, 5.41) is 11.9. The number of amides is 1. The van der Waals surface area contributed by atoms with Crippen LogP contribution in [-0.4, -0.2) is 56.3 Å². The Hall–Kier alpha value is -2.67. The van der Waals surface area contributed by atoms with Gasteiger partial charge in [-0.25, -0.2) is 8.42 Å². The van der Waals surface area contributed by atoms with Gasteiger partial charge in [-0.2, -0.15) is 9.57 Å². The quantitative estimate of drug-likeness (QED) is 0.784. The van der Waals surface area contributed by atoms with Crippen molar-refractivity contribution in [2.45, 2.75) is 11.4 Å². The van der Waals surface area contributed by atoms with Gasteiger partial charge in [0.25, 0.3) is 0 Å². The lowest BCUT2D eigenvalue weighted by Gasteiger charge is -2.33. The fourth-order valence-corrected chi connectivity index (χ4v) is 4.47. The fraction of sp³-hybridized carbons (Fsp3) is 0.333. The number of carbonyl (C=O) groups is 1. The zero-order valence-electron chi connectivity index (χ0n) is 14.7. The van der Waals surface area contributed by atoms with E-state index >= 15 is 0 Å². The van der Waals surface area contributed by atoms with E-state index in [1.807, 2.05) is 11.0 Å². The average Bonchev–Trinajstić information content (AvgIpc) is 3.20. The van der Waals surface area contributed by atoms with Crippen molar-refractivity contribution >= 4 is 15.9 Å². The minimum Gasteiger partial charge on any atom is -0.467 e. The second-order valence-electron chi connectivity index (χ2n) is 6.14. The van der Waals surface area contributed by atoms with Crippen molar-refractivity contribution in [3.05, 3.63) is 54.0 Å². The highest BCUT2D eigenvalue weighted by atomic mass is 32.2. The summed E-state index contributed by atoms with van der Waals surface area (Å²) >= 11 is 0. The first-order valence-corrected chi connectivity index (χ1v) is 9.95. The summed E-state index contributed by atoms with van der Waals surface area (Å²) in [6.45, 7) is 1.96. The number of carbonyl (C=O) groups excluding carboxylic acids is 1. The molecule has 1 aromatic carbocycles. The average molecular weight is 388 g/mol. The van der Waals surface area contributed by atoms with Crippen LogP contribution < -0.4 is 5.32 Å². The van der Waals surface area contributed by atoms with Crippen LogP contribution >= 0.6 is 0 Å². The number of nitriles is 1. The van der Waals surface area contributed by atoms with Crippen LogP contribution in [0.15, 0.2) is 52.0 Å². The summed E-state index contributed by atoms with van der Waals surface area (Å²) in [5.41, 5.74) is 0.136. The first-order valence-electron chi connectivity index (χ1n) is 8.51. The summed E-state index contributed by atoms with van der Waals surface area (Å²) in [4.78, 5) is 14.0. The maximum atomic E-state index is 12.8. The third kappa shape index (κ3) is 4.54. The maximum Gasteiger partial charge on any atom is 0.244 e. The van der Waals surface area contributed by atoms with E-state index in [1.165, 1.54) is 16.4 Å². The van der Waals surface area contributed by atoms with Crippen LogP contribution in [0.5, 0.6) is 0 Å². The van der Waals surface area contributed by atoms with E-state index in [0.29, 0.717) is 25.4 Å². The molecule has 3 rings (SSSR count). The Morgan fingerprint density at radius 2 is 1.89 bits per heavy atom. The number of rotatable bonds is 6. The lowest BCUT2D eigenvalue weighted by atomic mass is 10.2. The van der Waals surface area contributed by atoms with Gasteiger partial charge in [-0.3, -0.25) is 9.69 Å². The van der Waals surface area contributed by atoms with Gasteiger partial charge in [0.05, 0.1) is 29.8 Å². The molecule has 0 atom stereocenters. The summed E-state index contributed by atoms with van der Waals surface area (Å²) in [6.07, 6.45) is 1.55. The monoisotopic (exact) mass is 388 g/mol. The van der Waals surface area contributed by atoms with Crippen molar-refractivity contribution in [2.24, 2.45) is 0 Å². The molecule has 27 heavy (non-hydrogen) atoms. The molecule has 1 fully saturated rings. The van der Waals surface area contributed by atoms with Crippen LogP contribution in [-0.2, 0) is 21.4 Å². The lowest BCUT2D eigenvalue weighted by Crippen LogP contribution is -2.51. The number of furan rings is 1. The number of piperazine rings is 1. The number of nitrogens with one attached hydrogen (secondary N) is 1. The van der Waals surface area contributed by atoms with E-state index < -0.39 is 10.0 Å². The summed E-state index contributed by atoms with van der Waals surface area (Å²) in [7, 11) is -3.73. The number of nitrogens with zero attached hydrogens (tertiary/aromatic N) is 3. The molecule has 2 aromatic rings. The zero-order chi connectivity index (χ0) is 19.3. The van der Waals surface area contributed by atoms with Crippen molar-refractivity contribution in [3.63, 3.8) is 0 Å². The van der Waals surface area contributed by atoms with Crippen LogP contribution in [0.1, 0.15) is 11.3 Å². The van der Waals surface area contributed by atoms with Gasteiger partial charge in [0, 0.05) is 26.2 Å². The van der Waals surface area contributed by atoms with E-state index in [1.54, 1.807) is 30.5 Å². The molecule has 2 heterocycles. The first-order chi connectivity index (χ1) is 13.0. The molecule has 9 heteroatoms. The highest BCUT2D eigenvalue weighted by Gasteiger charge is 2.30. The van der Waals surface area contributed by atoms with Gasteiger partial charge in [-0.1, -0.05) is 12.1 Å². The minimum atomic E-state index is -3.73. The maximum absolute atomic E-state index is 12.8. The molecule has 0 radical (unpaired) electrons. The number of benzene rings is 1. The molecular formula is C18H20N4O4S. The van der Waals surface area contributed by atoms with Gasteiger partial charge in [-0.05, 0) is 24.3 Å². The first kappa shape index (κ1) is 19.1. The molecule has 0 spiro atoms. The third-order valence-corrected chi connectivity index (χ3v) is 6.32. The predicted molar refractivity (Wildman–Crippen MR) is 96.9 cm³/mol. The van der Waals surface area contributed by atoms with E-state index in [4.69, 9.17) is 9.68 Å². The van der Waals surface area contributed by atoms with Crippen molar-refractivity contribution < 1.29 is 17.6 Å². The standard InChI is InChI=1S/C18H20N4O4S/c19-12-15-4-1-2-6-17(15)27(24,25)22-9-7-21(8-10-22)14-18(23)20-13-16-5-3-11-26-16/h1-6,11H,7-10,13-14H2,(H,20,23). The molecule has 1 saturated heterocycles. The Morgan fingerprint density at radius 3 is 2.56 bits per heavy atom. The molecule has 0 bridgehead atoms. The molecular weight excluding hydrogens is 368 g/mol. The highest BCUT2D eigenvalue weighted by molar-refractivity contribution is 7.89. The Labute approximate surface area is 158 Å². The molecule has 1 aliphatic rings.